The molecular weight excluding hydrogens is 192 g/mol. The van der Waals surface area contributed by atoms with Crippen molar-refractivity contribution in [1.29, 1.82) is 0 Å². The molecule has 0 fully saturated rings. The fraction of sp³-hybridized carbons (Fsp3) is 0.636. The van der Waals surface area contributed by atoms with Crippen LogP contribution >= 0.6 is 0 Å². The molecule has 4 heteroatoms. The maximum atomic E-state index is 11.0. The lowest BCUT2D eigenvalue weighted by molar-refractivity contribution is -0.118. The number of unbranched alkanes of at least 4 members (excludes halogenated alkanes) is 1. The number of hydrogen-bond donors (Lipinski definition) is 2. The fourth-order valence-corrected chi connectivity index (χ4v) is 1.11. The van der Waals surface area contributed by atoms with Crippen molar-refractivity contribution in [3.05, 3.63) is 12.2 Å². The van der Waals surface area contributed by atoms with Crippen LogP contribution in [0.5, 0.6) is 0 Å². The molecule has 0 aliphatic rings. The normalized spacial score (nSPS) is 12.7. The molecule has 0 unspecified atom stereocenters. The number of rotatable bonds is 7. The second-order valence-corrected chi connectivity index (χ2v) is 3.50. The Balaban J connectivity index is 3.40. The Labute approximate surface area is 90.9 Å². The zero-order valence-corrected chi connectivity index (χ0v) is 9.45. The molecule has 0 bridgehead atoms. The van der Waals surface area contributed by atoms with Crippen molar-refractivity contribution >= 4 is 11.7 Å². The van der Waals surface area contributed by atoms with Gasteiger partial charge in [0.05, 0.1) is 6.04 Å². The van der Waals surface area contributed by atoms with E-state index in [1.165, 1.54) is 13.0 Å². The minimum absolute atomic E-state index is 0.0213. The predicted molar refractivity (Wildman–Crippen MR) is 60.3 cm³/mol. The largest absolute Gasteiger partial charge is 0.353 e. The highest BCUT2D eigenvalue weighted by atomic mass is 16.1. The van der Waals surface area contributed by atoms with E-state index in [4.69, 9.17) is 5.73 Å². The molecule has 0 aromatic carbocycles. The number of allylic oxidation sites excluding steroid dienone is 1. The predicted octanol–water partition coefficient (Wildman–Crippen LogP) is 0.765. The number of nitrogens with two attached hydrogens (primary N) is 1. The van der Waals surface area contributed by atoms with Gasteiger partial charge in [-0.3, -0.25) is 9.59 Å². The summed E-state index contributed by atoms with van der Waals surface area (Å²) < 4.78 is 0. The van der Waals surface area contributed by atoms with Crippen LogP contribution in [-0.2, 0) is 9.59 Å². The second kappa shape index (κ2) is 8.17. The minimum Gasteiger partial charge on any atom is -0.353 e. The van der Waals surface area contributed by atoms with E-state index < -0.39 is 0 Å². The van der Waals surface area contributed by atoms with Crippen molar-refractivity contribution in [3.8, 4) is 0 Å². The van der Waals surface area contributed by atoms with Crippen molar-refractivity contribution in [2.24, 2.45) is 5.73 Å². The Bertz CT molecular complexity index is 237. The van der Waals surface area contributed by atoms with Crippen molar-refractivity contribution in [2.45, 2.75) is 39.2 Å². The summed E-state index contributed by atoms with van der Waals surface area (Å²) in [4.78, 5) is 21.8. The molecule has 0 heterocycles. The molecule has 0 saturated heterocycles. The van der Waals surface area contributed by atoms with Gasteiger partial charge in [0, 0.05) is 6.54 Å². The summed E-state index contributed by atoms with van der Waals surface area (Å²) >= 11 is 0. The Hall–Kier alpha value is -1.16. The molecule has 0 aromatic rings. The summed E-state index contributed by atoms with van der Waals surface area (Å²) in [6.07, 6.45) is 5.58. The van der Waals surface area contributed by atoms with E-state index in [0.29, 0.717) is 13.0 Å². The number of carbonyl (C=O) groups is 2. The van der Waals surface area contributed by atoms with Crippen LogP contribution in [0.2, 0.25) is 0 Å². The van der Waals surface area contributed by atoms with Gasteiger partial charge in [0.25, 0.3) is 0 Å². The van der Waals surface area contributed by atoms with E-state index in [1.807, 2.05) is 0 Å². The minimum atomic E-state index is -0.351. The third-order valence-electron chi connectivity index (χ3n) is 2.08. The van der Waals surface area contributed by atoms with Gasteiger partial charge in [0.2, 0.25) is 5.91 Å². The zero-order chi connectivity index (χ0) is 11.7. The number of Topliss-reactive ketones (excluding diaryl/α,β-unsaturated/α-hetero) is 1. The topological polar surface area (TPSA) is 72.2 Å². The first-order valence-electron chi connectivity index (χ1n) is 5.24. The van der Waals surface area contributed by atoms with Crippen LogP contribution in [0.25, 0.3) is 0 Å². The number of hydrogen-bond acceptors (Lipinski definition) is 3. The molecule has 4 nitrogen and oxygen atoms in total. The van der Waals surface area contributed by atoms with Gasteiger partial charge in [-0.15, -0.1) is 0 Å². The highest BCUT2D eigenvalue weighted by molar-refractivity contribution is 5.87. The van der Waals surface area contributed by atoms with Crippen molar-refractivity contribution in [2.75, 3.05) is 6.54 Å². The summed E-state index contributed by atoms with van der Waals surface area (Å²) in [5, 5.41) is 2.74. The average Bonchev–Trinajstić information content (AvgIpc) is 2.17. The number of ketones is 1. The average molecular weight is 212 g/mol. The van der Waals surface area contributed by atoms with Crippen molar-refractivity contribution in [3.63, 3.8) is 0 Å². The number of nitrogens with one attached hydrogen (secondary N) is 1. The number of amides is 1. The molecule has 0 radical (unpaired) electrons. The summed E-state index contributed by atoms with van der Waals surface area (Å²) in [5.41, 5.74) is 5.56. The van der Waals surface area contributed by atoms with Crippen LogP contribution in [-0.4, -0.2) is 24.3 Å². The fourth-order valence-electron chi connectivity index (χ4n) is 1.11. The Morgan fingerprint density at radius 3 is 2.60 bits per heavy atom. The molecule has 0 aromatic heterocycles. The number of carbonyl (C=O) groups excluding carboxylic acids is 2. The lowest BCUT2D eigenvalue weighted by atomic mass is 10.1. The van der Waals surface area contributed by atoms with Crippen LogP contribution in [0, 0.1) is 0 Å². The van der Waals surface area contributed by atoms with E-state index in [1.54, 1.807) is 13.0 Å². The van der Waals surface area contributed by atoms with Crippen molar-refractivity contribution < 1.29 is 9.59 Å². The first-order valence-corrected chi connectivity index (χ1v) is 5.24. The third kappa shape index (κ3) is 7.88. The maximum Gasteiger partial charge on any atom is 0.243 e. The highest BCUT2D eigenvalue weighted by Crippen LogP contribution is 1.98. The maximum absolute atomic E-state index is 11.0. The first-order chi connectivity index (χ1) is 7.07. The van der Waals surface area contributed by atoms with Gasteiger partial charge in [0.1, 0.15) is 5.78 Å². The zero-order valence-electron chi connectivity index (χ0n) is 9.45. The summed E-state index contributed by atoms with van der Waals surface area (Å²) in [7, 11) is 0. The summed E-state index contributed by atoms with van der Waals surface area (Å²) in [6, 6.07) is -0.351. The molecule has 15 heavy (non-hydrogen) atoms. The molecule has 0 spiro atoms. The molecule has 0 aliphatic heterocycles. The molecule has 86 valence electrons. The van der Waals surface area contributed by atoms with E-state index in [9.17, 15) is 9.59 Å². The molecule has 1 amide bonds. The van der Waals surface area contributed by atoms with E-state index in [0.717, 1.165) is 12.8 Å². The van der Waals surface area contributed by atoms with E-state index >= 15 is 0 Å². The highest BCUT2D eigenvalue weighted by Gasteiger charge is 2.06. The van der Waals surface area contributed by atoms with Gasteiger partial charge in [-0.1, -0.05) is 6.08 Å². The van der Waals surface area contributed by atoms with E-state index in [-0.39, 0.29) is 17.7 Å². The van der Waals surface area contributed by atoms with Crippen LogP contribution in [0.1, 0.15) is 33.1 Å². The standard InChI is InChI=1S/C11H20N2O2/c1-3-6-11(15)13-8-5-4-7-10(12)9(2)14/h3,6,10H,4-5,7-8,12H2,1-2H3,(H,13,15)/b6-3+/t10-/m0/s1. The van der Waals surface area contributed by atoms with Crippen LogP contribution in [0.15, 0.2) is 12.2 Å². The summed E-state index contributed by atoms with van der Waals surface area (Å²) in [6.45, 7) is 3.93. The van der Waals surface area contributed by atoms with Gasteiger partial charge >= 0.3 is 0 Å². The molecule has 1 atom stereocenters. The SMILES string of the molecule is C/C=C/C(=O)NCCCC[C@H](N)C(C)=O. The van der Waals surface area contributed by atoms with Crippen LogP contribution < -0.4 is 11.1 Å². The summed E-state index contributed by atoms with van der Waals surface area (Å²) in [5.74, 6) is -0.0543. The lowest BCUT2D eigenvalue weighted by Gasteiger charge is -2.07. The van der Waals surface area contributed by atoms with Gasteiger partial charge in [0.15, 0.2) is 0 Å². The lowest BCUT2D eigenvalue weighted by Crippen LogP contribution is -2.28. The van der Waals surface area contributed by atoms with Crippen LogP contribution in [0.4, 0.5) is 0 Å². The molecule has 0 aliphatic carbocycles. The molecule has 3 N–H and O–H groups in total. The molecule has 0 rings (SSSR count). The smallest absolute Gasteiger partial charge is 0.243 e. The monoisotopic (exact) mass is 212 g/mol. The molecular formula is C11H20N2O2. The van der Waals surface area contributed by atoms with Gasteiger partial charge in [-0.05, 0) is 39.2 Å². The van der Waals surface area contributed by atoms with Gasteiger partial charge < -0.3 is 11.1 Å². The molecule has 0 saturated carbocycles. The van der Waals surface area contributed by atoms with Crippen molar-refractivity contribution in [1.82, 2.24) is 5.32 Å². The Morgan fingerprint density at radius 2 is 2.07 bits per heavy atom. The second-order valence-electron chi connectivity index (χ2n) is 3.50. The third-order valence-corrected chi connectivity index (χ3v) is 2.08. The van der Waals surface area contributed by atoms with Gasteiger partial charge in [-0.25, -0.2) is 0 Å². The quantitative estimate of drug-likeness (QED) is 0.483. The first kappa shape index (κ1) is 13.8. The Morgan fingerprint density at radius 1 is 1.40 bits per heavy atom. The van der Waals surface area contributed by atoms with Crippen LogP contribution in [0.3, 0.4) is 0 Å². The Kier molecular flexibility index (Phi) is 7.54. The van der Waals surface area contributed by atoms with E-state index in [2.05, 4.69) is 5.32 Å². The van der Waals surface area contributed by atoms with Gasteiger partial charge in [-0.2, -0.15) is 0 Å².